The van der Waals surface area contributed by atoms with Crippen LogP contribution in [0.2, 0.25) is 0 Å². The zero-order valence-corrected chi connectivity index (χ0v) is 19.9. The van der Waals surface area contributed by atoms with Crippen LogP contribution >= 0.6 is 0 Å². The van der Waals surface area contributed by atoms with Gasteiger partial charge in [-0.1, -0.05) is 13.8 Å². The summed E-state index contributed by atoms with van der Waals surface area (Å²) in [5, 5.41) is 0. The van der Waals surface area contributed by atoms with Crippen molar-refractivity contribution in [2.75, 3.05) is 19.8 Å². The second-order valence-electron chi connectivity index (χ2n) is 10.3. The largest absolute Gasteiger partial charge is 0.473 e. The highest BCUT2D eigenvalue weighted by Gasteiger charge is 2.42. The van der Waals surface area contributed by atoms with Crippen LogP contribution < -0.4 is 4.74 Å². The van der Waals surface area contributed by atoms with Gasteiger partial charge >= 0.3 is 6.18 Å². The highest BCUT2D eigenvalue weighted by atomic mass is 19.4. The number of fused-ring (bicyclic) bond motifs is 1. The Labute approximate surface area is 194 Å². The second-order valence-corrected chi connectivity index (χ2v) is 10.3. The first-order chi connectivity index (χ1) is 15.5. The smallest absolute Gasteiger partial charge is 0.416 e. The fourth-order valence-corrected chi connectivity index (χ4v) is 5.90. The standard InChI is InChI=1S/C25H35F3N2O3/c1-15(2)21-7-6-20(29-11-16(3)33-17(4)12-29)10-22(21)24(31)30-13-18-9-19(25(26,27)28)5-8-23(18)32-14-30/h5,8-9,15-17,20-22H,6-7,10-14H2,1-4H3/t16-,17?,20?,21+,22-/m1/s1. The molecule has 33 heavy (non-hydrogen) atoms. The SMILES string of the molecule is CC1CN(C2CC[C@@H](C(C)C)[C@H](C(=O)N3COc4ccc(C(F)(F)F)cc4C3)C2)C[C@@H](C)O1. The zero-order chi connectivity index (χ0) is 23.9. The van der Waals surface area contributed by atoms with Gasteiger partial charge < -0.3 is 14.4 Å². The van der Waals surface area contributed by atoms with Crippen LogP contribution in [0.25, 0.3) is 0 Å². The molecule has 2 fully saturated rings. The summed E-state index contributed by atoms with van der Waals surface area (Å²) in [5.41, 5.74) is -0.304. The summed E-state index contributed by atoms with van der Waals surface area (Å²) in [6.07, 6.45) is -1.29. The third-order valence-corrected chi connectivity index (χ3v) is 7.45. The number of benzene rings is 1. The Morgan fingerprint density at radius 2 is 1.82 bits per heavy atom. The van der Waals surface area contributed by atoms with Crippen molar-refractivity contribution in [1.29, 1.82) is 0 Å². The molecule has 5 atom stereocenters. The molecule has 1 amide bonds. The first-order valence-corrected chi connectivity index (χ1v) is 12.0. The zero-order valence-electron chi connectivity index (χ0n) is 19.9. The number of alkyl halides is 3. The summed E-state index contributed by atoms with van der Waals surface area (Å²) in [5.74, 6) is 0.874. The van der Waals surface area contributed by atoms with Crippen LogP contribution in [0.4, 0.5) is 13.2 Å². The molecule has 5 nitrogen and oxygen atoms in total. The van der Waals surface area contributed by atoms with Crippen molar-refractivity contribution in [3.63, 3.8) is 0 Å². The van der Waals surface area contributed by atoms with Gasteiger partial charge in [0.2, 0.25) is 5.91 Å². The first kappa shape index (κ1) is 24.3. The van der Waals surface area contributed by atoms with E-state index in [0.29, 0.717) is 23.3 Å². The van der Waals surface area contributed by atoms with Gasteiger partial charge in [0.15, 0.2) is 6.73 Å². The molecule has 0 spiro atoms. The number of ether oxygens (including phenoxy) is 2. The average molecular weight is 469 g/mol. The molecule has 2 heterocycles. The molecule has 0 bridgehead atoms. The van der Waals surface area contributed by atoms with E-state index in [0.717, 1.165) is 44.5 Å². The minimum absolute atomic E-state index is 0.00387. The lowest BCUT2D eigenvalue weighted by Gasteiger charge is -2.46. The summed E-state index contributed by atoms with van der Waals surface area (Å²) in [7, 11) is 0. The Hall–Kier alpha value is -1.80. The molecule has 184 valence electrons. The highest BCUT2D eigenvalue weighted by molar-refractivity contribution is 5.79. The third kappa shape index (κ3) is 5.32. The van der Waals surface area contributed by atoms with Crippen molar-refractivity contribution in [2.24, 2.45) is 17.8 Å². The predicted octanol–water partition coefficient (Wildman–Crippen LogP) is 4.93. The van der Waals surface area contributed by atoms with Gasteiger partial charge in [0.25, 0.3) is 0 Å². The molecule has 1 aromatic rings. The van der Waals surface area contributed by atoms with Gasteiger partial charge in [-0.2, -0.15) is 13.2 Å². The van der Waals surface area contributed by atoms with Gasteiger partial charge in [-0.3, -0.25) is 9.69 Å². The number of nitrogens with zero attached hydrogens (tertiary/aromatic N) is 2. The van der Waals surface area contributed by atoms with Crippen LogP contribution in [0.15, 0.2) is 18.2 Å². The fraction of sp³-hybridized carbons (Fsp3) is 0.720. The van der Waals surface area contributed by atoms with Crippen molar-refractivity contribution >= 4 is 5.91 Å². The number of morpholine rings is 1. The Bertz CT molecular complexity index is 850. The topological polar surface area (TPSA) is 42.0 Å². The molecule has 0 N–H and O–H groups in total. The van der Waals surface area contributed by atoms with Crippen molar-refractivity contribution in [3.05, 3.63) is 29.3 Å². The molecule has 1 saturated heterocycles. The number of halogens is 3. The third-order valence-electron chi connectivity index (χ3n) is 7.45. The maximum atomic E-state index is 13.7. The van der Waals surface area contributed by atoms with E-state index in [2.05, 4.69) is 32.6 Å². The minimum atomic E-state index is -4.42. The molecule has 2 aliphatic heterocycles. The average Bonchev–Trinajstić information content (AvgIpc) is 2.76. The summed E-state index contributed by atoms with van der Waals surface area (Å²) in [6.45, 7) is 10.4. The molecular formula is C25H35F3N2O3. The number of rotatable bonds is 3. The van der Waals surface area contributed by atoms with Gasteiger partial charge in [0.05, 0.1) is 24.3 Å². The molecule has 2 unspecified atom stereocenters. The highest BCUT2D eigenvalue weighted by Crippen LogP contribution is 2.40. The lowest BCUT2D eigenvalue weighted by atomic mass is 9.70. The van der Waals surface area contributed by atoms with Gasteiger partial charge in [-0.15, -0.1) is 0 Å². The van der Waals surface area contributed by atoms with Gasteiger partial charge in [0, 0.05) is 30.6 Å². The van der Waals surface area contributed by atoms with E-state index in [-0.39, 0.29) is 43.2 Å². The van der Waals surface area contributed by atoms with Crippen LogP contribution in [-0.4, -0.2) is 53.8 Å². The number of carbonyl (C=O) groups is 1. The summed E-state index contributed by atoms with van der Waals surface area (Å²) >= 11 is 0. The first-order valence-electron chi connectivity index (χ1n) is 12.0. The number of amides is 1. The Kier molecular flexibility index (Phi) is 6.97. The van der Waals surface area contributed by atoms with Crippen molar-refractivity contribution in [2.45, 2.75) is 77.9 Å². The summed E-state index contributed by atoms with van der Waals surface area (Å²) in [6, 6.07) is 3.81. The molecular weight excluding hydrogens is 433 g/mol. The lowest BCUT2D eigenvalue weighted by molar-refractivity contribution is -0.146. The van der Waals surface area contributed by atoms with E-state index < -0.39 is 11.7 Å². The van der Waals surface area contributed by atoms with Crippen molar-refractivity contribution in [1.82, 2.24) is 9.80 Å². The Balaban J connectivity index is 1.51. The quantitative estimate of drug-likeness (QED) is 0.631. The number of hydrogen-bond acceptors (Lipinski definition) is 4. The van der Waals surface area contributed by atoms with E-state index >= 15 is 0 Å². The van der Waals surface area contributed by atoms with Crippen molar-refractivity contribution < 1.29 is 27.4 Å². The Morgan fingerprint density at radius 3 is 2.45 bits per heavy atom. The Morgan fingerprint density at radius 1 is 1.12 bits per heavy atom. The summed E-state index contributed by atoms with van der Waals surface area (Å²) in [4.78, 5) is 17.8. The van der Waals surface area contributed by atoms with Crippen LogP contribution in [0.1, 0.15) is 58.1 Å². The van der Waals surface area contributed by atoms with Gasteiger partial charge in [-0.25, -0.2) is 0 Å². The molecule has 1 aliphatic carbocycles. The predicted molar refractivity (Wildman–Crippen MR) is 119 cm³/mol. The molecule has 4 rings (SSSR count). The van der Waals surface area contributed by atoms with Crippen LogP contribution in [-0.2, 0) is 22.3 Å². The van der Waals surface area contributed by atoms with E-state index in [1.807, 2.05) is 0 Å². The van der Waals surface area contributed by atoms with E-state index in [1.165, 1.54) is 6.07 Å². The van der Waals surface area contributed by atoms with Gasteiger partial charge in [0.1, 0.15) is 5.75 Å². The van der Waals surface area contributed by atoms with Crippen LogP contribution in [0.5, 0.6) is 5.75 Å². The van der Waals surface area contributed by atoms with Crippen LogP contribution in [0, 0.1) is 17.8 Å². The lowest BCUT2D eigenvalue weighted by Crippen LogP contribution is -2.54. The van der Waals surface area contributed by atoms with E-state index in [9.17, 15) is 18.0 Å². The van der Waals surface area contributed by atoms with E-state index in [1.54, 1.807) is 4.90 Å². The fourth-order valence-electron chi connectivity index (χ4n) is 5.90. The van der Waals surface area contributed by atoms with Gasteiger partial charge in [-0.05, 0) is 63.1 Å². The molecule has 3 aliphatic rings. The van der Waals surface area contributed by atoms with Crippen LogP contribution in [0.3, 0.4) is 0 Å². The molecule has 1 saturated carbocycles. The molecule has 1 aromatic carbocycles. The normalized spacial score (nSPS) is 31.3. The summed E-state index contributed by atoms with van der Waals surface area (Å²) < 4.78 is 51.1. The molecule has 8 heteroatoms. The minimum Gasteiger partial charge on any atom is -0.473 e. The molecule has 0 radical (unpaired) electrons. The second kappa shape index (κ2) is 9.45. The maximum Gasteiger partial charge on any atom is 0.416 e. The maximum absolute atomic E-state index is 13.7. The number of hydrogen-bond donors (Lipinski definition) is 0. The van der Waals surface area contributed by atoms with Crippen molar-refractivity contribution in [3.8, 4) is 5.75 Å². The monoisotopic (exact) mass is 468 g/mol. The number of carbonyl (C=O) groups excluding carboxylic acids is 1. The van der Waals surface area contributed by atoms with E-state index in [4.69, 9.17) is 9.47 Å². The molecule has 0 aromatic heterocycles.